The number of nitrogens with two attached hydrogens (primary N) is 1. The van der Waals surface area contributed by atoms with Gasteiger partial charge in [-0.3, -0.25) is 14.4 Å². The van der Waals surface area contributed by atoms with Gasteiger partial charge in [0.2, 0.25) is 17.7 Å². The molecule has 3 N–H and O–H groups in total. The summed E-state index contributed by atoms with van der Waals surface area (Å²) in [5.41, 5.74) is 5.29. The minimum atomic E-state index is -0.531. The van der Waals surface area contributed by atoms with Gasteiger partial charge in [0.25, 0.3) is 0 Å². The van der Waals surface area contributed by atoms with Gasteiger partial charge in [-0.1, -0.05) is 6.92 Å². The SMILES string of the molecule is CCC(C)N(CC(N)=O)C(=O)CN(C(=O)CNCCN1CCCC1)C1CC1. The van der Waals surface area contributed by atoms with Crippen molar-refractivity contribution in [3.8, 4) is 0 Å². The lowest BCUT2D eigenvalue weighted by molar-refractivity contribution is -0.143. The number of nitrogens with one attached hydrogen (secondary N) is 1. The van der Waals surface area contributed by atoms with Crippen molar-refractivity contribution in [3.63, 3.8) is 0 Å². The van der Waals surface area contributed by atoms with Crippen LogP contribution < -0.4 is 11.1 Å². The highest BCUT2D eigenvalue weighted by Crippen LogP contribution is 2.27. The van der Waals surface area contributed by atoms with Crippen LogP contribution in [-0.2, 0) is 14.4 Å². The molecule has 3 amide bonds. The predicted octanol–water partition coefficient (Wildman–Crippen LogP) is -0.225. The van der Waals surface area contributed by atoms with E-state index in [-0.39, 0.29) is 43.5 Å². The van der Waals surface area contributed by atoms with E-state index in [1.807, 2.05) is 13.8 Å². The molecule has 8 heteroatoms. The summed E-state index contributed by atoms with van der Waals surface area (Å²) < 4.78 is 0. The predicted molar refractivity (Wildman–Crippen MR) is 104 cm³/mol. The molecule has 0 aromatic rings. The van der Waals surface area contributed by atoms with Gasteiger partial charge in [-0.15, -0.1) is 0 Å². The first-order valence-corrected chi connectivity index (χ1v) is 10.2. The summed E-state index contributed by atoms with van der Waals surface area (Å²) >= 11 is 0. The molecule has 8 nitrogen and oxygen atoms in total. The molecular formula is C19H35N5O3. The molecule has 27 heavy (non-hydrogen) atoms. The van der Waals surface area contributed by atoms with Crippen molar-refractivity contribution in [2.24, 2.45) is 5.73 Å². The zero-order valence-electron chi connectivity index (χ0n) is 16.8. The van der Waals surface area contributed by atoms with Crippen molar-refractivity contribution in [2.75, 3.05) is 45.8 Å². The van der Waals surface area contributed by atoms with E-state index in [0.29, 0.717) is 0 Å². The smallest absolute Gasteiger partial charge is 0.242 e. The van der Waals surface area contributed by atoms with Crippen LogP contribution in [0.2, 0.25) is 0 Å². The molecule has 1 atom stereocenters. The van der Waals surface area contributed by atoms with Gasteiger partial charge in [0.1, 0.15) is 6.54 Å². The first-order valence-electron chi connectivity index (χ1n) is 10.2. The van der Waals surface area contributed by atoms with Gasteiger partial charge in [0.05, 0.1) is 13.1 Å². The number of nitrogens with zero attached hydrogens (tertiary/aromatic N) is 3. The summed E-state index contributed by atoms with van der Waals surface area (Å²) in [6, 6.07) is 0.0638. The Morgan fingerprint density at radius 3 is 2.37 bits per heavy atom. The van der Waals surface area contributed by atoms with Crippen LogP contribution in [0.4, 0.5) is 0 Å². The molecule has 1 saturated heterocycles. The molecule has 1 aliphatic heterocycles. The normalized spacial score (nSPS) is 18.3. The highest BCUT2D eigenvalue weighted by Gasteiger charge is 2.35. The number of likely N-dealkylation sites (tertiary alicyclic amines) is 1. The Kier molecular flexibility index (Phi) is 8.50. The number of rotatable bonds is 12. The van der Waals surface area contributed by atoms with E-state index in [2.05, 4.69) is 10.2 Å². The highest BCUT2D eigenvalue weighted by atomic mass is 16.2. The molecule has 1 saturated carbocycles. The summed E-state index contributed by atoms with van der Waals surface area (Å²) in [5.74, 6) is -0.785. The van der Waals surface area contributed by atoms with Crippen LogP contribution in [0.1, 0.15) is 46.0 Å². The van der Waals surface area contributed by atoms with Crippen LogP contribution in [0.5, 0.6) is 0 Å². The summed E-state index contributed by atoms with van der Waals surface area (Å²) in [7, 11) is 0. The van der Waals surface area contributed by atoms with Gasteiger partial charge in [-0.25, -0.2) is 0 Å². The molecule has 1 unspecified atom stereocenters. The molecule has 0 bridgehead atoms. The first kappa shape index (κ1) is 21.6. The fourth-order valence-electron chi connectivity index (χ4n) is 3.46. The largest absolute Gasteiger partial charge is 0.368 e. The van der Waals surface area contributed by atoms with Crippen LogP contribution in [0, 0.1) is 0 Å². The third-order valence-corrected chi connectivity index (χ3v) is 5.46. The monoisotopic (exact) mass is 381 g/mol. The fourth-order valence-corrected chi connectivity index (χ4v) is 3.46. The summed E-state index contributed by atoms with van der Waals surface area (Å²) in [6.07, 6.45) is 5.12. The number of amides is 3. The van der Waals surface area contributed by atoms with E-state index in [4.69, 9.17) is 5.73 Å². The Hall–Kier alpha value is -1.67. The molecule has 1 heterocycles. The molecule has 0 aromatic heterocycles. The van der Waals surface area contributed by atoms with E-state index < -0.39 is 5.91 Å². The van der Waals surface area contributed by atoms with E-state index >= 15 is 0 Å². The van der Waals surface area contributed by atoms with E-state index in [9.17, 15) is 14.4 Å². The third-order valence-electron chi connectivity index (χ3n) is 5.46. The summed E-state index contributed by atoms with van der Waals surface area (Å²) in [4.78, 5) is 42.2. The second kappa shape index (κ2) is 10.6. The average Bonchev–Trinajstić information content (AvgIpc) is 3.35. The van der Waals surface area contributed by atoms with Crippen molar-refractivity contribution in [3.05, 3.63) is 0 Å². The Labute approximate surface area is 162 Å². The lowest BCUT2D eigenvalue weighted by Crippen LogP contribution is -2.51. The molecule has 2 rings (SSSR count). The van der Waals surface area contributed by atoms with Gasteiger partial charge in [0.15, 0.2) is 0 Å². The molecule has 2 fully saturated rings. The number of carbonyl (C=O) groups is 3. The quantitative estimate of drug-likeness (QED) is 0.455. The van der Waals surface area contributed by atoms with Gasteiger partial charge in [-0.05, 0) is 52.1 Å². The number of hydrogen-bond acceptors (Lipinski definition) is 5. The minimum absolute atomic E-state index is 0.0227. The lowest BCUT2D eigenvalue weighted by Gasteiger charge is -2.31. The third kappa shape index (κ3) is 7.10. The van der Waals surface area contributed by atoms with Crippen molar-refractivity contribution in [2.45, 2.75) is 58.0 Å². The van der Waals surface area contributed by atoms with E-state index in [0.717, 1.165) is 45.4 Å². The van der Waals surface area contributed by atoms with E-state index in [1.165, 1.54) is 17.7 Å². The summed E-state index contributed by atoms with van der Waals surface area (Å²) in [6.45, 7) is 8.03. The second-order valence-electron chi connectivity index (χ2n) is 7.72. The van der Waals surface area contributed by atoms with Gasteiger partial charge >= 0.3 is 0 Å². The lowest BCUT2D eigenvalue weighted by atomic mass is 10.2. The van der Waals surface area contributed by atoms with Crippen molar-refractivity contribution < 1.29 is 14.4 Å². The number of carbonyl (C=O) groups excluding carboxylic acids is 3. The van der Waals surface area contributed by atoms with E-state index in [1.54, 1.807) is 4.90 Å². The zero-order chi connectivity index (χ0) is 19.8. The Morgan fingerprint density at radius 2 is 1.81 bits per heavy atom. The molecule has 2 aliphatic rings. The highest BCUT2D eigenvalue weighted by molar-refractivity contribution is 5.89. The Balaban J connectivity index is 1.82. The topological polar surface area (TPSA) is 99.0 Å². The standard InChI is InChI=1S/C19H35N5O3/c1-3-15(2)23(13-17(20)25)19(27)14-24(16-6-7-16)18(26)12-21-8-11-22-9-4-5-10-22/h15-16,21H,3-14H2,1-2H3,(H2,20,25). The van der Waals surface area contributed by atoms with Crippen LogP contribution in [-0.4, -0.2) is 90.3 Å². The average molecular weight is 382 g/mol. The molecule has 1 aliphatic carbocycles. The molecule has 0 aromatic carbocycles. The summed E-state index contributed by atoms with van der Waals surface area (Å²) in [5, 5.41) is 3.21. The maximum atomic E-state index is 12.7. The fraction of sp³-hybridized carbons (Fsp3) is 0.842. The number of hydrogen-bond donors (Lipinski definition) is 2. The first-order chi connectivity index (χ1) is 12.9. The van der Waals surface area contributed by atoms with Crippen LogP contribution in [0.25, 0.3) is 0 Å². The van der Waals surface area contributed by atoms with Crippen molar-refractivity contribution >= 4 is 17.7 Å². The van der Waals surface area contributed by atoms with Crippen molar-refractivity contribution in [1.29, 1.82) is 0 Å². The Morgan fingerprint density at radius 1 is 1.15 bits per heavy atom. The maximum Gasteiger partial charge on any atom is 0.242 e. The van der Waals surface area contributed by atoms with Crippen LogP contribution >= 0.6 is 0 Å². The van der Waals surface area contributed by atoms with Gasteiger partial charge < -0.3 is 25.8 Å². The van der Waals surface area contributed by atoms with Crippen molar-refractivity contribution in [1.82, 2.24) is 20.0 Å². The minimum Gasteiger partial charge on any atom is -0.368 e. The van der Waals surface area contributed by atoms with Gasteiger partial charge in [0, 0.05) is 25.2 Å². The molecule has 0 radical (unpaired) electrons. The van der Waals surface area contributed by atoms with Gasteiger partial charge in [-0.2, -0.15) is 0 Å². The van der Waals surface area contributed by atoms with Crippen LogP contribution in [0.3, 0.4) is 0 Å². The Bertz CT molecular complexity index is 517. The molecule has 154 valence electrons. The zero-order valence-corrected chi connectivity index (χ0v) is 16.8. The maximum absolute atomic E-state index is 12.7. The molecular weight excluding hydrogens is 346 g/mol. The second-order valence-corrected chi connectivity index (χ2v) is 7.72. The molecule has 0 spiro atoms. The number of primary amides is 1. The van der Waals surface area contributed by atoms with Crippen LogP contribution in [0.15, 0.2) is 0 Å².